The normalized spacial score (nSPS) is 10.0. The number of hydrogen-bond acceptors (Lipinski definition) is 3. The minimum Gasteiger partial charge on any atom is -0.477 e. The van der Waals surface area contributed by atoms with Gasteiger partial charge in [-0.05, 0) is 24.3 Å². The third-order valence-electron chi connectivity index (χ3n) is 2.41. The lowest BCUT2D eigenvalue weighted by Gasteiger charge is -2.03. The number of aromatic carboxylic acids is 1. The first kappa shape index (κ1) is 11.8. The fourth-order valence-corrected chi connectivity index (χ4v) is 1.55. The lowest BCUT2D eigenvalue weighted by Crippen LogP contribution is -2.10. The van der Waals surface area contributed by atoms with E-state index in [0.29, 0.717) is 16.8 Å². The zero-order chi connectivity index (χ0) is 13.1. The van der Waals surface area contributed by atoms with Crippen LogP contribution in [0.1, 0.15) is 20.8 Å². The third-order valence-corrected chi connectivity index (χ3v) is 2.41. The molecule has 0 saturated heterocycles. The van der Waals surface area contributed by atoms with Crippen molar-refractivity contribution in [3.8, 4) is 11.3 Å². The summed E-state index contributed by atoms with van der Waals surface area (Å²) in [4.78, 5) is 25.9. The van der Waals surface area contributed by atoms with Crippen molar-refractivity contribution in [3.63, 3.8) is 0 Å². The molecule has 5 heteroatoms. The number of aromatic nitrogens is 1. The van der Waals surface area contributed by atoms with E-state index in [2.05, 4.69) is 4.98 Å². The topological polar surface area (TPSA) is 93.3 Å². The number of nitrogens with two attached hydrogens (primary N) is 1. The maximum absolute atomic E-state index is 11.1. The summed E-state index contributed by atoms with van der Waals surface area (Å²) in [6, 6.07) is 11.3. The highest BCUT2D eigenvalue weighted by Gasteiger charge is 2.08. The SMILES string of the molecule is NC(=O)c1cccc(-c2cccc(C(=O)O)n2)c1. The van der Waals surface area contributed by atoms with Crippen LogP contribution in [-0.4, -0.2) is 22.0 Å². The summed E-state index contributed by atoms with van der Waals surface area (Å²) in [5.74, 6) is -1.63. The molecule has 0 unspecified atom stereocenters. The van der Waals surface area contributed by atoms with Gasteiger partial charge in [0, 0.05) is 11.1 Å². The maximum atomic E-state index is 11.1. The van der Waals surface area contributed by atoms with Crippen LogP contribution in [0.15, 0.2) is 42.5 Å². The maximum Gasteiger partial charge on any atom is 0.354 e. The molecule has 1 heterocycles. The van der Waals surface area contributed by atoms with Crippen LogP contribution in [0.2, 0.25) is 0 Å². The average Bonchev–Trinajstić information content (AvgIpc) is 2.39. The van der Waals surface area contributed by atoms with Crippen molar-refractivity contribution in [3.05, 3.63) is 53.7 Å². The van der Waals surface area contributed by atoms with E-state index < -0.39 is 11.9 Å². The Balaban J connectivity index is 2.48. The highest BCUT2D eigenvalue weighted by atomic mass is 16.4. The molecule has 0 atom stereocenters. The molecule has 18 heavy (non-hydrogen) atoms. The second-order valence-electron chi connectivity index (χ2n) is 3.66. The number of carbonyl (C=O) groups excluding carboxylic acids is 1. The Morgan fingerprint density at radius 2 is 1.83 bits per heavy atom. The Kier molecular flexibility index (Phi) is 3.05. The molecule has 2 aromatic rings. The van der Waals surface area contributed by atoms with E-state index in [4.69, 9.17) is 10.8 Å². The molecule has 1 aromatic heterocycles. The molecule has 0 saturated carbocycles. The van der Waals surface area contributed by atoms with E-state index in [9.17, 15) is 9.59 Å². The van der Waals surface area contributed by atoms with Gasteiger partial charge in [0.05, 0.1) is 5.69 Å². The Hall–Kier alpha value is -2.69. The summed E-state index contributed by atoms with van der Waals surface area (Å²) in [7, 11) is 0. The van der Waals surface area contributed by atoms with Crippen LogP contribution in [-0.2, 0) is 0 Å². The van der Waals surface area contributed by atoms with Crippen LogP contribution in [0.5, 0.6) is 0 Å². The monoisotopic (exact) mass is 242 g/mol. The van der Waals surface area contributed by atoms with Gasteiger partial charge < -0.3 is 10.8 Å². The van der Waals surface area contributed by atoms with E-state index in [-0.39, 0.29) is 5.69 Å². The standard InChI is InChI=1S/C13H10N2O3/c14-12(16)9-4-1-3-8(7-9)10-5-2-6-11(15-10)13(17)18/h1-7H,(H2,14,16)(H,17,18). The molecule has 1 aromatic carbocycles. The van der Waals surface area contributed by atoms with Crippen molar-refractivity contribution in [2.75, 3.05) is 0 Å². The quantitative estimate of drug-likeness (QED) is 0.853. The van der Waals surface area contributed by atoms with Gasteiger partial charge in [-0.3, -0.25) is 4.79 Å². The predicted molar refractivity (Wildman–Crippen MR) is 65.2 cm³/mol. The van der Waals surface area contributed by atoms with E-state index in [1.165, 1.54) is 6.07 Å². The predicted octanol–water partition coefficient (Wildman–Crippen LogP) is 1.55. The van der Waals surface area contributed by atoms with Crippen LogP contribution in [0.4, 0.5) is 0 Å². The van der Waals surface area contributed by atoms with Gasteiger partial charge in [-0.2, -0.15) is 0 Å². The first-order chi connectivity index (χ1) is 8.58. The lowest BCUT2D eigenvalue weighted by molar-refractivity contribution is 0.0690. The number of amides is 1. The van der Waals surface area contributed by atoms with Gasteiger partial charge >= 0.3 is 5.97 Å². The zero-order valence-electron chi connectivity index (χ0n) is 9.33. The first-order valence-corrected chi connectivity index (χ1v) is 5.18. The highest BCUT2D eigenvalue weighted by Crippen LogP contribution is 2.18. The van der Waals surface area contributed by atoms with Gasteiger partial charge in [0.2, 0.25) is 5.91 Å². The second-order valence-corrected chi connectivity index (χ2v) is 3.66. The second kappa shape index (κ2) is 4.67. The van der Waals surface area contributed by atoms with Crippen molar-refractivity contribution in [2.24, 2.45) is 5.73 Å². The molecule has 0 spiro atoms. The Morgan fingerprint density at radius 1 is 1.11 bits per heavy atom. The Labute approximate surface area is 103 Å². The number of hydrogen-bond donors (Lipinski definition) is 2. The number of carboxylic acid groups (broad SMARTS) is 1. The van der Waals surface area contributed by atoms with Crippen molar-refractivity contribution < 1.29 is 14.7 Å². The van der Waals surface area contributed by atoms with Gasteiger partial charge in [0.25, 0.3) is 0 Å². The van der Waals surface area contributed by atoms with Crippen LogP contribution in [0.25, 0.3) is 11.3 Å². The van der Waals surface area contributed by atoms with Gasteiger partial charge in [-0.25, -0.2) is 9.78 Å². The number of nitrogens with zero attached hydrogens (tertiary/aromatic N) is 1. The minimum absolute atomic E-state index is 0.0445. The third kappa shape index (κ3) is 2.35. The zero-order valence-corrected chi connectivity index (χ0v) is 9.33. The van der Waals surface area contributed by atoms with Crippen molar-refractivity contribution in [2.45, 2.75) is 0 Å². The summed E-state index contributed by atoms with van der Waals surface area (Å²) >= 11 is 0. The molecule has 0 aliphatic carbocycles. The van der Waals surface area contributed by atoms with E-state index in [1.54, 1.807) is 36.4 Å². The largest absolute Gasteiger partial charge is 0.477 e. The van der Waals surface area contributed by atoms with Crippen LogP contribution in [0.3, 0.4) is 0 Å². The van der Waals surface area contributed by atoms with E-state index >= 15 is 0 Å². The Bertz CT molecular complexity index is 568. The molecule has 0 fully saturated rings. The van der Waals surface area contributed by atoms with Gasteiger partial charge in [-0.1, -0.05) is 18.2 Å². The lowest BCUT2D eigenvalue weighted by atomic mass is 10.1. The van der Waals surface area contributed by atoms with Crippen molar-refractivity contribution in [1.82, 2.24) is 4.98 Å². The van der Waals surface area contributed by atoms with Crippen molar-refractivity contribution >= 4 is 11.9 Å². The molecule has 90 valence electrons. The minimum atomic E-state index is -1.09. The molecule has 1 amide bonds. The first-order valence-electron chi connectivity index (χ1n) is 5.18. The molecule has 0 aliphatic rings. The van der Waals surface area contributed by atoms with Crippen LogP contribution in [0, 0.1) is 0 Å². The van der Waals surface area contributed by atoms with Crippen LogP contribution < -0.4 is 5.73 Å². The van der Waals surface area contributed by atoms with E-state index in [1.807, 2.05) is 0 Å². The molecule has 3 N–H and O–H groups in total. The molecule has 0 bridgehead atoms. The number of carbonyl (C=O) groups is 2. The summed E-state index contributed by atoms with van der Waals surface area (Å²) < 4.78 is 0. The Morgan fingerprint density at radius 3 is 2.50 bits per heavy atom. The summed E-state index contributed by atoms with van der Waals surface area (Å²) in [5.41, 5.74) is 6.63. The molecular weight excluding hydrogens is 232 g/mol. The number of benzene rings is 1. The number of carboxylic acids is 1. The summed E-state index contributed by atoms with van der Waals surface area (Å²) in [5, 5.41) is 8.86. The van der Waals surface area contributed by atoms with Gasteiger partial charge in [-0.15, -0.1) is 0 Å². The molecular formula is C13H10N2O3. The fraction of sp³-hybridized carbons (Fsp3) is 0. The molecule has 5 nitrogen and oxygen atoms in total. The summed E-state index contributed by atoms with van der Waals surface area (Å²) in [6.07, 6.45) is 0. The molecule has 2 rings (SSSR count). The molecule has 0 aliphatic heterocycles. The average molecular weight is 242 g/mol. The number of rotatable bonds is 3. The molecule has 0 radical (unpaired) electrons. The smallest absolute Gasteiger partial charge is 0.354 e. The summed E-state index contributed by atoms with van der Waals surface area (Å²) in [6.45, 7) is 0. The number of primary amides is 1. The van der Waals surface area contributed by atoms with Crippen molar-refractivity contribution in [1.29, 1.82) is 0 Å². The number of pyridine rings is 1. The van der Waals surface area contributed by atoms with Crippen LogP contribution >= 0.6 is 0 Å². The van der Waals surface area contributed by atoms with Gasteiger partial charge in [0.1, 0.15) is 5.69 Å². The van der Waals surface area contributed by atoms with E-state index in [0.717, 1.165) is 0 Å². The highest BCUT2D eigenvalue weighted by molar-refractivity contribution is 5.94. The van der Waals surface area contributed by atoms with Gasteiger partial charge in [0.15, 0.2) is 0 Å². The fourth-order valence-electron chi connectivity index (χ4n) is 1.55.